The van der Waals surface area contributed by atoms with Gasteiger partial charge in [-0.05, 0) is 55.8 Å². The van der Waals surface area contributed by atoms with Crippen LogP contribution in [0.1, 0.15) is 19.4 Å². The van der Waals surface area contributed by atoms with E-state index < -0.39 is 6.04 Å². The maximum absolute atomic E-state index is 13.0. The van der Waals surface area contributed by atoms with Gasteiger partial charge in [0, 0.05) is 18.1 Å². The number of rotatable bonds is 8. The van der Waals surface area contributed by atoms with Gasteiger partial charge in [0.2, 0.25) is 5.91 Å². The van der Waals surface area contributed by atoms with Crippen LogP contribution in [-0.2, 0) is 16.1 Å². The van der Waals surface area contributed by atoms with Gasteiger partial charge in [0.25, 0.3) is 5.91 Å². The Bertz CT molecular complexity index is 766. The molecule has 0 aliphatic heterocycles. The number of nitrogens with zero attached hydrogens (tertiary/aromatic N) is 1. The number of amides is 2. The predicted octanol–water partition coefficient (Wildman–Crippen LogP) is 3.41. The lowest BCUT2D eigenvalue weighted by Crippen LogP contribution is -2.49. The van der Waals surface area contributed by atoms with Gasteiger partial charge >= 0.3 is 0 Å². The molecule has 2 rings (SSSR count). The van der Waals surface area contributed by atoms with Crippen LogP contribution in [0.3, 0.4) is 0 Å². The average Bonchev–Trinajstić information content (AvgIpc) is 2.66. The number of carbonyl (C=O) groups is 2. The molecule has 0 aliphatic carbocycles. The van der Waals surface area contributed by atoms with Gasteiger partial charge in [0.15, 0.2) is 6.61 Å². The molecule has 1 N–H and O–H groups in total. The van der Waals surface area contributed by atoms with Crippen LogP contribution in [-0.4, -0.2) is 35.9 Å². The molecular formula is C20H22ClFN2O3. The summed E-state index contributed by atoms with van der Waals surface area (Å²) in [6.07, 6.45) is 0. The molecule has 0 saturated heterocycles. The van der Waals surface area contributed by atoms with E-state index in [0.717, 1.165) is 5.56 Å². The summed E-state index contributed by atoms with van der Waals surface area (Å²) < 4.78 is 18.4. The zero-order chi connectivity index (χ0) is 19.8. The monoisotopic (exact) mass is 392 g/mol. The van der Waals surface area contributed by atoms with E-state index in [1.807, 2.05) is 6.92 Å². The lowest BCUT2D eigenvalue weighted by atomic mass is 10.1. The summed E-state index contributed by atoms with van der Waals surface area (Å²) in [6, 6.07) is 11.8. The van der Waals surface area contributed by atoms with Crippen LogP contribution in [0.5, 0.6) is 5.75 Å². The van der Waals surface area contributed by atoms with Crippen LogP contribution in [0.2, 0.25) is 5.02 Å². The summed E-state index contributed by atoms with van der Waals surface area (Å²) in [5, 5.41) is 3.31. The van der Waals surface area contributed by atoms with Crippen molar-refractivity contribution in [3.8, 4) is 5.75 Å². The SMILES string of the molecule is CCNC(=O)[C@@H](C)N(Cc1ccc(Cl)cc1)C(=O)COc1ccc(F)cc1. The number of benzene rings is 2. The van der Waals surface area contributed by atoms with Gasteiger partial charge in [0.1, 0.15) is 17.6 Å². The van der Waals surface area contributed by atoms with Crippen molar-refractivity contribution in [2.24, 2.45) is 0 Å². The number of likely N-dealkylation sites (N-methyl/N-ethyl adjacent to an activating group) is 1. The van der Waals surface area contributed by atoms with Crippen LogP contribution in [0.15, 0.2) is 48.5 Å². The molecule has 0 spiro atoms. The summed E-state index contributed by atoms with van der Waals surface area (Å²) in [6.45, 7) is 3.92. The van der Waals surface area contributed by atoms with Crippen LogP contribution in [0.4, 0.5) is 4.39 Å². The van der Waals surface area contributed by atoms with E-state index >= 15 is 0 Å². The van der Waals surface area contributed by atoms with Crippen molar-refractivity contribution in [3.05, 3.63) is 64.9 Å². The fraction of sp³-hybridized carbons (Fsp3) is 0.300. The number of nitrogens with one attached hydrogen (secondary N) is 1. The van der Waals surface area contributed by atoms with Gasteiger partial charge < -0.3 is 15.0 Å². The van der Waals surface area contributed by atoms with Gasteiger partial charge in [-0.1, -0.05) is 23.7 Å². The number of hydrogen-bond donors (Lipinski definition) is 1. The summed E-state index contributed by atoms with van der Waals surface area (Å²) in [5.74, 6) is -0.612. The van der Waals surface area contributed by atoms with E-state index in [1.165, 1.54) is 29.2 Å². The molecule has 2 amide bonds. The first-order chi connectivity index (χ1) is 12.9. The third-order valence-electron chi connectivity index (χ3n) is 3.96. The molecule has 0 bridgehead atoms. The highest BCUT2D eigenvalue weighted by molar-refractivity contribution is 6.30. The summed E-state index contributed by atoms with van der Waals surface area (Å²) in [5.41, 5.74) is 0.839. The highest BCUT2D eigenvalue weighted by Gasteiger charge is 2.26. The minimum absolute atomic E-state index is 0.237. The average molecular weight is 393 g/mol. The molecule has 0 radical (unpaired) electrons. The Morgan fingerprint density at radius 1 is 1.15 bits per heavy atom. The minimum atomic E-state index is -0.676. The molecule has 0 heterocycles. The first-order valence-electron chi connectivity index (χ1n) is 8.60. The van der Waals surface area contributed by atoms with Gasteiger partial charge in [-0.3, -0.25) is 9.59 Å². The van der Waals surface area contributed by atoms with Crippen LogP contribution >= 0.6 is 11.6 Å². The van der Waals surface area contributed by atoms with Crippen molar-refractivity contribution in [1.82, 2.24) is 10.2 Å². The Balaban J connectivity index is 2.11. The topological polar surface area (TPSA) is 58.6 Å². The fourth-order valence-corrected chi connectivity index (χ4v) is 2.58. The molecule has 5 nitrogen and oxygen atoms in total. The normalized spacial score (nSPS) is 11.6. The first kappa shape index (κ1) is 20.7. The number of halogens is 2. The van der Waals surface area contributed by atoms with Gasteiger partial charge in [0.05, 0.1) is 0 Å². The zero-order valence-corrected chi connectivity index (χ0v) is 16.0. The van der Waals surface area contributed by atoms with E-state index in [1.54, 1.807) is 31.2 Å². The van der Waals surface area contributed by atoms with E-state index in [-0.39, 0.29) is 30.8 Å². The molecule has 27 heavy (non-hydrogen) atoms. The lowest BCUT2D eigenvalue weighted by Gasteiger charge is -2.28. The first-order valence-corrected chi connectivity index (χ1v) is 8.98. The van der Waals surface area contributed by atoms with Crippen LogP contribution in [0, 0.1) is 5.82 Å². The van der Waals surface area contributed by atoms with Crippen molar-refractivity contribution >= 4 is 23.4 Å². The summed E-state index contributed by atoms with van der Waals surface area (Å²) in [7, 11) is 0. The Morgan fingerprint density at radius 3 is 2.37 bits per heavy atom. The minimum Gasteiger partial charge on any atom is -0.484 e. The van der Waals surface area contributed by atoms with Gasteiger partial charge in [-0.25, -0.2) is 4.39 Å². The number of hydrogen-bond acceptors (Lipinski definition) is 3. The third-order valence-corrected chi connectivity index (χ3v) is 4.21. The number of carbonyl (C=O) groups excluding carboxylic acids is 2. The molecule has 2 aromatic carbocycles. The highest BCUT2D eigenvalue weighted by Crippen LogP contribution is 2.15. The van der Waals surface area contributed by atoms with E-state index in [4.69, 9.17) is 16.3 Å². The van der Waals surface area contributed by atoms with Crippen molar-refractivity contribution in [2.75, 3.05) is 13.2 Å². The van der Waals surface area contributed by atoms with Crippen molar-refractivity contribution < 1.29 is 18.7 Å². The summed E-state index contributed by atoms with van der Waals surface area (Å²) >= 11 is 5.90. The third kappa shape index (κ3) is 6.25. The standard InChI is InChI=1S/C20H22ClFN2O3/c1-3-23-20(26)14(2)24(12-15-4-6-16(21)7-5-15)19(25)13-27-18-10-8-17(22)9-11-18/h4-11,14H,3,12-13H2,1-2H3,(H,23,26)/t14-/m1/s1. The lowest BCUT2D eigenvalue weighted by molar-refractivity contribution is -0.142. The van der Waals surface area contributed by atoms with E-state index in [9.17, 15) is 14.0 Å². The Hall–Kier alpha value is -2.60. The molecule has 0 fully saturated rings. The smallest absolute Gasteiger partial charge is 0.261 e. The van der Waals surface area contributed by atoms with Gasteiger partial charge in [-0.15, -0.1) is 0 Å². The molecule has 0 aliphatic rings. The van der Waals surface area contributed by atoms with Crippen molar-refractivity contribution in [1.29, 1.82) is 0 Å². The maximum atomic E-state index is 13.0. The fourth-order valence-electron chi connectivity index (χ4n) is 2.45. The predicted molar refractivity (Wildman–Crippen MR) is 102 cm³/mol. The van der Waals surface area contributed by atoms with Crippen molar-refractivity contribution in [2.45, 2.75) is 26.4 Å². The summed E-state index contributed by atoms with van der Waals surface area (Å²) in [4.78, 5) is 26.4. The van der Waals surface area contributed by atoms with Crippen LogP contribution < -0.4 is 10.1 Å². The molecule has 1 atom stereocenters. The Morgan fingerprint density at radius 2 is 1.78 bits per heavy atom. The maximum Gasteiger partial charge on any atom is 0.261 e. The molecule has 0 saturated carbocycles. The van der Waals surface area contributed by atoms with Crippen LogP contribution in [0.25, 0.3) is 0 Å². The van der Waals surface area contributed by atoms with E-state index in [0.29, 0.717) is 17.3 Å². The molecular weight excluding hydrogens is 371 g/mol. The molecule has 2 aromatic rings. The zero-order valence-electron chi connectivity index (χ0n) is 15.2. The second kappa shape index (κ2) is 9.92. The second-order valence-corrected chi connectivity index (χ2v) is 6.40. The molecule has 0 aromatic heterocycles. The molecule has 0 unspecified atom stereocenters. The van der Waals surface area contributed by atoms with Gasteiger partial charge in [-0.2, -0.15) is 0 Å². The molecule has 7 heteroatoms. The number of ether oxygens (including phenoxy) is 1. The largest absolute Gasteiger partial charge is 0.484 e. The Kier molecular flexibility index (Phi) is 7.61. The Labute approximate surface area is 163 Å². The van der Waals surface area contributed by atoms with Crippen molar-refractivity contribution in [3.63, 3.8) is 0 Å². The molecule has 144 valence electrons. The van der Waals surface area contributed by atoms with E-state index in [2.05, 4.69) is 5.32 Å². The quantitative estimate of drug-likeness (QED) is 0.749. The second-order valence-electron chi connectivity index (χ2n) is 5.96. The highest BCUT2D eigenvalue weighted by atomic mass is 35.5.